The Morgan fingerprint density at radius 2 is 2.29 bits per heavy atom. The van der Waals surface area contributed by atoms with E-state index in [1.54, 1.807) is 0 Å². The second kappa shape index (κ2) is 5.75. The van der Waals surface area contributed by atoms with Gasteiger partial charge in [-0.05, 0) is 30.9 Å². The Kier molecular flexibility index (Phi) is 4.06. The Balaban J connectivity index is 1.91. The zero-order chi connectivity index (χ0) is 12.1. The van der Waals surface area contributed by atoms with E-state index in [-0.39, 0.29) is 6.04 Å². The highest BCUT2D eigenvalue weighted by molar-refractivity contribution is 5.35. The normalized spacial score (nSPS) is 19.9. The number of hydrogen-bond donors (Lipinski definition) is 1. The first-order valence-electron chi connectivity index (χ1n) is 6.21. The van der Waals surface area contributed by atoms with Crippen LogP contribution < -0.4 is 10.5 Å². The molecular formula is C15H19NO. The number of benzene rings is 1. The average Bonchev–Trinajstić information content (AvgIpc) is 2.38. The first-order chi connectivity index (χ1) is 8.31. The Morgan fingerprint density at radius 3 is 3.12 bits per heavy atom. The van der Waals surface area contributed by atoms with Crippen molar-refractivity contribution in [3.63, 3.8) is 0 Å². The van der Waals surface area contributed by atoms with Crippen molar-refractivity contribution < 1.29 is 4.74 Å². The molecule has 0 aliphatic carbocycles. The molecule has 2 unspecified atom stereocenters. The minimum absolute atomic E-state index is 0.191. The molecule has 1 aliphatic rings. The molecule has 0 fully saturated rings. The van der Waals surface area contributed by atoms with Crippen LogP contribution in [-0.4, -0.2) is 12.6 Å². The van der Waals surface area contributed by atoms with Gasteiger partial charge >= 0.3 is 0 Å². The summed E-state index contributed by atoms with van der Waals surface area (Å²) < 4.78 is 5.74. The number of fused-ring (bicyclic) bond motifs is 1. The smallest absolute Gasteiger partial charge is 0.122 e. The highest BCUT2D eigenvalue weighted by Gasteiger charge is 2.24. The highest BCUT2D eigenvalue weighted by Crippen LogP contribution is 2.28. The molecule has 17 heavy (non-hydrogen) atoms. The van der Waals surface area contributed by atoms with Crippen molar-refractivity contribution >= 4 is 0 Å². The maximum Gasteiger partial charge on any atom is 0.122 e. The molecule has 0 saturated heterocycles. The Hall–Kier alpha value is -1.46. The van der Waals surface area contributed by atoms with Gasteiger partial charge in [0.05, 0.1) is 6.61 Å². The summed E-state index contributed by atoms with van der Waals surface area (Å²) in [5, 5.41) is 0. The number of ether oxygens (including phenoxy) is 1. The highest BCUT2D eigenvalue weighted by atomic mass is 16.5. The maximum absolute atomic E-state index is 6.20. The quantitative estimate of drug-likeness (QED) is 0.635. The SMILES string of the molecule is C#CCCCC(N)C1COc2ccccc2C1. The summed E-state index contributed by atoms with van der Waals surface area (Å²) >= 11 is 0. The van der Waals surface area contributed by atoms with E-state index in [9.17, 15) is 0 Å². The van der Waals surface area contributed by atoms with Crippen molar-refractivity contribution in [2.45, 2.75) is 31.7 Å². The van der Waals surface area contributed by atoms with Gasteiger partial charge in [-0.25, -0.2) is 0 Å². The van der Waals surface area contributed by atoms with Gasteiger partial charge in [-0.2, -0.15) is 0 Å². The van der Waals surface area contributed by atoms with Crippen molar-refractivity contribution in [2.24, 2.45) is 11.7 Å². The van der Waals surface area contributed by atoms with Crippen LogP contribution in [0.5, 0.6) is 5.75 Å². The molecule has 0 spiro atoms. The Bertz CT molecular complexity index is 408. The van der Waals surface area contributed by atoms with Gasteiger partial charge in [0.1, 0.15) is 5.75 Å². The predicted molar refractivity (Wildman–Crippen MR) is 69.8 cm³/mol. The van der Waals surface area contributed by atoms with Gasteiger partial charge < -0.3 is 10.5 Å². The molecule has 90 valence electrons. The van der Waals surface area contributed by atoms with Gasteiger partial charge in [-0.3, -0.25) is 0 Å². The lowest BCUT2D eigenvalue weighted by atomic mass is 9.88. The Labute approximate surface area is 103 Å². The molecule has 1 aromatic rings. The molecule has 0 saturated carbocycles. The van der Waals surface area contributed by atoms with Gasteiger partial charge in [0, 0.05) is 18.4 Å². The standard InChI is InChI=1S/C15H19NO/c1-2-3-4-8-14(16)13-10-12-7-5-6-9-15(12)17-11-13/h1,5-7,9,13-14H,3-4,8,10-11,16H2. The van der Waals surface area contributed by atoms with Crippen molar-refractivity contribution in [3.05, 3.63) is 29.8 Å². The van der Waals surface area contributed by atoms with Crippen LogP contribution in [0.25, 0.3) is 0 Å². The summed E-state index contributed by atoms with van der Waals surface area (Å²) in [6.45, 7) is 0.730. The molecule has 1 aromatic carbocycles. The summed E-state index contributed by atoms with van der Waals surface area (Å²) in [4.78, 5) is 0. The molecule has 2 heteroatoms. The fraction of sp³-hybridized carbons (Fsp3) is 0.467. The summed E-state index contributed by atoms with van der Waals surface area (Å²) in [6, 6.07) is 8.39. The monoisotopic (exact) mass is 229 g/mol. The third-order valence-electron chi connectivity index (χ3n) is 3.37. The third kappa shape index (κ3) is 3.01. The minimum Gasteiger partial charge on any atom is -0.493 e. The van der Waals surface area contributed by atoms with E-state index in [1.807, 2.05) is 12.1 Å². The summed E-state index contributed by atoms with van der Waals surface area (Å²) in [5.74, 6) is 4.09. The summed E-state index contributed by atoms with van der Waals surface area (Å²) in [6.07, 6.45) is 9.08. The molecule has 2 nitrogen and oxygen atoms in total. The van der Waals surface area contributed by atoms with E-state index in [0.717, 1.165) is 38.0 Å². The first-order valence-corrected chi connectivity index (χ1v) is 6.21. The number of nitrogens with two attached hydrogens (primary N) is 1. The summed E-state index contributed by atoms with van der Waals surface area (Å²) in [5.41, 5.74) is 7.47. The van der Waals surface area contributed by atoms with Crippen LogP contribution >= 0.6 is 0 Å². The Morgan fingerprint density at radius 1 is 1.47 bits per heavy atom. The van der Waals surface area contributed by atoms with E-state index in [4.69, 9.17) is 16.9 Å². The van der Waals surface area contributed by atoms with E-state index in [0.29, 0.717) is 5.92 Å². The van der Waals surface area contributed by atoms with Crippen LogP contribution in [0.15, 0.2) is 24.3 Å². The van der Waals surface area contributed by atoms with E-state index in [2.05, 4.69) is 18.1 Å². The van der Waals surface area contributed by atoms with Crippen LogP contribution in [0.1, 0.15) is 24.8 Å². The maximum atomic E-state index is 6.20. The average molecular weight is 229 g/mol. The number of hydrogen-bond acceptors (Lipinski definition) is 2. The van der Waals surface area contributed by atoms with Crippen LogP contribution in [-0.2, 0) is 6.42 Å². The van der Waals surface area contributed by atoms with Gasteiger partial charge in [0.15, 0.2) is 0 Å². The number of terminal acetylenes is 1. The van der Waals surface area contributed by atoms with Gasteiger partial charge in [-0.1, -0.05) is 18.2 Å². The van der Waals surface area contributed by atoms with Crippen LogP contribution in [0, 0.1) is 18.3 Å². The van der Waals surface area contributed by atoms with Gasteiger partial charge in [0.25, 0.3) is 0 Å². The molecule has 2 N–H and O–H groups in total. The van der Waals surface area contributed by atoms with Crippen molar-refractivity contribution in [1.82, 2.24) is 0 Å². The topological polar surface area (TPSA) is 35.2 Å². The van der Waals surface area contributed by atoms with Crippen molar-refractivity contribution in [1.29, 1.82) is 0 Å². The number of unbranched alkanes of at least 4 members (excludes halogenated alkanes) is 1. The third-order valence-corrected chi connectivity index (χ3v) is 3.37. The lowest BCUT2D eigenvalue weighted by Crippen LogP contribution is -2.37. The second-order valence-corrected chi connectivity index (χ2v) is 4.64. The minimum atomic E-state index is 0.191. The summed E-state index contributed by atoms with van der Waals surface area (Å²) in [7, 11) is 0. The zero-order valence-electron chi connectivity index (χ0n) is 10.1. The fourth-order valence-electron chi connectivity index (χ4n) is 2.30. The van der Waals surface area contributed by atoms with Crippen molar-refractivity contribution in [2.75, 3.05) is 6.61 Å². The fourth-order valence-corrected chi connectivity index (χ4v) is 2.30. The molecule has 2 rings (SSSR count). The molecule has 1 heterocycles. The van der Waals surface area contributed by atoms with Crippen LogP contribution in [0.3, 0.4) is 0 Å². The van der Waals surface area contributed by atoms with E-state index in [1.165, 1.54) is 5.56 Å². The van der Waals surface area contributed by atoms with Crippen molar-refractivity contribution in [3.8, 4) is 18.1 Å². The molecular weight excluding hydrogens is 210 g/mol. The number of rotatable bonds is 4. The second-order valence-electron chi connectivity index (χ2n) is 4.64. The van der Waals surface area contributed by atoms with Gasteiger partial charge in [-0.15, -0.1) is 12.3 Å². The molecule has 0 radical (unpaired) electrons. The van der Waals surface area contributed by atoms with Crippen LogP contribution in [0.4, 0.5) is 0 Å². The molecule has 0 amide bonds. The van der Waals surface area contributed by atoms with E-state index >= 15 is 0 Å². The molecule has 0 aromatic heterocycles. The predicted octanol–water partition coefficient (Wildman–Crippen LogP) is 2.37. The molecule has 1 aliphatic heterocycles. The first kappa shape index (κ1) is 12.0. The molecule has 2 atom stereocenters. The molecule has 0 bridgehead atoms. The van der Waals surface area contributed by atoms with Gasteiger partial charge in [0.2, 0.25) is 0 Å². The lowest BCUT2D eigenvalue weighted by Gasteiger charge is -2.29. The van der Waals surface area contributed by atoms with Crippen LogP contribution in [0.2, 0.25) is 0 Å². The number of para-hydroxylation sites is 1. The largest absolute Gasteiger partial charge is 0.493 e. The zero-order valence-corrected chi connectivity index (χ0v) is 10.1. The lowest BCUT2D eigenvalue weighted by molar-refractivity contribution is 0.194. The van der Waals surface area contributed by atoms with E-state index < -0.39 is 0 Å².